The predicted molar refractivity (Wildman–Crippen MR) is 111 cm³/mol. The highest BCUT2D eigenvalue weighted by Gasteiger charge is 2.03. The van der Waals surface area contributed by atoms with Crippen LogP contribution in [0.3, 0.4) is 0 Å². The van der Waals surface area contributed by atoms with Crippen LogP contribution in [0, 0.1) is 6.92 Å². The topological polar surface area (TPSA) is 63.3 Å². The largest absolute Gasteiger partial charge is 0.370 e. The third-order valence-electron chi connectivity index (χ3n) is 3.68. The summed E-state index contributed by atoms with van der Waals surface area (Å²) in [5.41, 5.74) is 9.32. The molecule has 23 heavy (non-hydrogen) atoms. The highest BCUT2D eigenvalue weighted by atomic mass is 127. The van der Waals surface area contributed by atoms with Crippen molar-refractivity contribution in [1.82, 2.24) is 4.98 Å². The SMILES string of the molecule is CCC(C)c1ccc(NC(N)=NCCc2csc(C)n2)cc1.I. The van der Waals surface area contributed by atoms with E-state index in [2.05, 4.69) is 46.7 Å². The molecule has 6 heteroatoms. The molecule has 4 nitrogen and oxygen atoms in total. The fourth-order valence-electron chi connectivity index (χ4n) is 2.13. The Balaban J connectivity index is 0.00000264. The van der Waals surface area contributed by atoms with Gasteiger partial charge in [0.05, 0.1) is 10.7 Å². The number of rotatable bonds is 6. The summed E-state index contributed by atoms with van der Waals surface area (Å²) in [5.74, 6) is 1.03. The molecule has 1 atom stereocenters. The molecule has 1 aromatic carbocycles. The molecule has 0 aliphatic heterocycles. The number of nitrogens with two attached hydrogens (primary N) is 1. The summed E-state index contributed by atoms with van der Waals surface area (Å²) in [5, 5.41) is 6.29. The normalized spacial score (nSPS) is 12.6. The minimum Gasteiger partial charge on any atom is -0.370 e. The molecule has 0 aliphatic carbocycles. The Bertz CT molecular complexity index is 622. The number of aliphatic imine (C=N–C) groups is 1. The van der Waals surface area contributed by atoms with Crippen LogP contribution in [0.4, 0.5) is 5.69 Å². The summed E-state index contributed by atoms with van der Waals surface area (Å²) in [6.45, 7) is 7.09. The van der Waals surface area contributed by atoms with Crippen LogP contribution in [-0.4, -0.2) is 17.5 Å². The van der Waals surface area contributed by atoms with Crippen molar-refractivity contribution in [2.24, 2.45) is 10.7 Å². The average molecular weight is 444 g/mol. The van der Waals surface area contributed by atoms with Crippen molar-refractivity contribution in [1.29, 1.82) is 0 Å². The standard InChI is InChI=1S/C17H24N4S.HI/c1-4-12(2)14-5-7-15(8-6-14)21-17(18)19-10-9-16-11-22-13(3)20-16;/h5-8,11-12H,4,9-10H2,1-3H3,(H3,18,19,21);1H. The lowest BCUT2D eigenvalue weighted by Crippen LogP contribution is -2.23. The number of benzene rings is 1. The lowest BCUT2D eigenvalue weighted by Gasteiger charge is -2.10. The van der Waals surface area contributed by atoms with Gasteiger partial charge in [0, 0.05) is 24.0 Å². The lowest BCUT2D eigenvalue weighted by atomic mass is 9.99. The van der Waals surface area contributed by atoms with E-state index in [0.717, 1.165) is 29.2 Å². The summed E-state index contributed by atoms with van der Waals surface area (Å²) < 4.78 is 0. The maximum Gasteiger partial charge on any atom is 0.193 e. The highest BCUT2D eigenvalue weighted by molar-refractivity contribution is 14.0. The number of hydrogen-bond acceptors (Lipinski definition) is 3. The smallest absolute Gasteiger partial charge is 0.193 e. The number of guanidine groups is 1. The molecular formula is C17H25IN4S. The van der Waals surface area contributed by atoms with Gasteiger partial charge in [0.15, 0.2) is 5.96 Å². The molecule has 1 aromatic heterocycles. The van der Waals surface area contributed by atoms with Gasteiger partial charge in [-0.1, -0.05) is 26.0 Å². The van der Waals surface area contributed by atoms with E-state index in [1.54, 1.807) is 11.3 Å². The molecule has 1 heterocycles. The first-order chi connectivity index (χ1) is 10.6. The second-order valence-electron chi connectivity index (χ2n) is 5.43. The number of halogens is 1. The molecule has 0 bridgehead atoms. The number of aromatic nitrogens is 1. The first-order valence-electron chi connectivity index (χ1n) is 7.66. The van der Waals surface area contributed by atoms with Crippen LogP contribution in [0.15, 0.2) is 34.6 Å². The monoisotopic (exact) mass is 444 g/mol. The molecule has 0 fully saturated rings. The van der Waals surface area contributed by atoms with Gasteiger partial charge in [-0.15, -0.1) is 35.3 Å². The number of nitrogens with one attached hydrogen (secondary N) is 1. The van der Waals surface area contributed by atoms with Gasteiger partial charge >= 0.3 is 0 Å². The van der Waals surface area contributed by atoms with E-state index in [0.29, 0.717) is 18.4 Å². The molecule has 1 unspecified atom stereocenters. The van der Waals surface area contributed by atoms with Crippen molar-refractivity contribution in [2.75, 3.05) is 11.9 Å². The predicted octanol–water partition coefficient (Wildman–Crippen LogP) is 4.55. The first kappa shape index (κ1) is 19.9. The van der Waals surface area contributed by atoms with Crippen molar-refractivity contribution in [3.8, 4) is 0 Å². The molecule has 0 amide bonds. The fraction of sp³-hybridized carbons (Fsp3) is 0.412. The van der Waals surface area contributed by atoms with E-state index in [1.165, 1.54) is 5.56 Å². The van der Waals surface area contributed by atoms with Crippen LogP contribution >= 0.6 is 35.3 Å². The molecule has 3 N–H and O–H groups in total. The number of anilines is 1. The summed E-state index contributed by atoms with van der Waals surface area (Å²) in [6.07, 6.45) is 1.96. The molecule has 0 aliphatic rings. The summed E-state index contributed by atoms with van der Waals surface area (Å²) in [7, 11) is 0. The maximum atomic E-state index is 5.92. The molecule has 126 valence electrons. The number of aryl methyl sites for hydroxylation is 1. The minimum atomic E-state index is 0. The summed E-state index contributed by atoms with van der Waals surface area (Å²) in [4.78, 5) is 8.76. The van der Waals surface area contributed by atoms with Gasteiger partial charge < -0.3 is 11.1 Å². The average Bonchev–Trinajstić information content (AvgIpc) is 2.92. The van der Waals surface area contributed by atoms with E-state index in [-0.39, 0.29) is 24.0 Å². The van der Waals surface area contributed by atoms with E-state index in [4.69, 9.17) is 5.73 Å². The first-order valence-corrected chi connectivity index (χ1v) is 8.54. The number of hydrogen-bond donors (Lipinski definition) is 2. The van der Waals surface area contributed by atoms with E-state index in [1.807, 2.05) is 19.1 Å². The fourth-order valence-corrected chi connectivity index (χ4v) is 2.78. The Morgan fingerprint density at radius 3 is 2.61 bits per heavy atom. The molecule has 0 spiro atoms. The van der Waals surface area contributed by atoms with Crippen molar-refractivity contribution in [3.05, 3.63) is 45.9 Å². The van der Waals surface area contributed by atoms with E-state index in [9.17, 15) is 0 Å². The van der Waals surface area contributed by atoms with Crippen molar-refractivity contribution < 1.29 is 0 Å². The molecule has 0 radical (unpaired) electrons. The Kier molecular flexibility index (Phi) is 8.54. The van der Waals surface area contributed by atoms with Gasteiger partial charge in [-0.2, -0.15) is 0 Å². The van der Waals surface area contributed by atoms with Crippen LogP contribution in [-0.2, 0) is 6.42 Å². The molecule has 2 rings (SSSR count). The maximum absolute atomic E-state index is 5.92. The zero-order valence-electron chi connectivity index (χ0n) is 13.9. The Labute approximate surface area is 159 Å². The van der Waals surface area contributed by atoms with Gasteiger partial charge in [0.2, 0.25) is 0 Å². The van der Waals surface area contributed by atoms with Crippen molar-refractivity contribution in [2.45, 2.75) is 39.5 Å². The number of nitrogens with zero attached hydrogens (tertiary/aromatic N) is 2. The van der Waals surface area contributed by atoms with E-state index >= 15 is 0 Å². The van der Waals surface area contributed by atoms with Crippen LogP contribution in [0.5, 0.6) is 0 Å². The van der Waals surface area contributed by atoms with Gasteiger partial charge in [-0.05, 0) is 37.0 Å². The van der Waals surface area contributed by atoms with E-state index < -0.39 is 0 Å². The third-order valence-corrected chi connectivity index (χ3v) is 4.50. The van der Waals surface area contributed by atoms with Gasteiger partial charge in [0.25, 0.3) is 0 Å². The van der Waals surface area contributed by atoms with Crippen molar-refractivity contribution in [3.63, 3.8) is 0 Å². The quantitative estimate of drug-likeness (QED) is 0.390. The number of thiazole rings is 1. The molecule has 2 aromatic rings. The lowest BCUT2D eigenvalue weighted by molar-refractivity contribution is 0.734. The Morgan fingerprint density at radius 2 is 2.04 bits per heavy atom. The molecule has 0 saturated carbocycles. The van der Waals surface area contributed by atoms with Gasteiger partial charge in [0.1, 0.15) is 0 Å². The highest BCUT2D eigenvalue weighted by Crippen LogP contribution is 2.20. The second-order valence-corrected chi connectivity index (χ2v) is 6.49. The molecule has 0 saturated heterocycles. The summed E-state index contributed by atoms with van der Waals surface area (Å²) in [6, 6.07) is 8.38. The van der Waals surface area contributed by atoms with Crippen LogP contribution in [0.25, 0.3) is 0 Å². The molecular weight excluding hydrogens is 419 g/mol. The second kappa shape index (κ2) is 9.87. The van der Waals surface area contributed by atoms with Crippen molar-refractivity contribution >= 4 is 47.0 Å². The Hall–Kier alpha value is -1.15. The van der Waals surface area contributed by atoms with Crippen LogP contribution < -0.4 is 11.1 Å². The third kappa shape index (κ3) is 6.47. The Morgan fingerprint density at radius 1 is 1.35 bits per heavy atom. The minimum absolute atomic E-state index is 0. The summed E-state index contributed by atoms with van der Waals surface area (Å²) >= 11 is 1.66. The zero-order valence-corrected chi connectivity index (χ0v) is 17.0. The van der Waals surface area contributed by atoms with Gasteiger partial charge in [-0.25, -0.2) is 4.98 Å². The van der Waals surface area contributed by atoms with Gasteiger partial charge in [-0.3, -0.25) is 4.99 Å². The van der Waals surface area contributed by atoms with Crippen LogP contribution in [0.1, 0.15) is 42.5 Å². The van der Waals surface area contributed by atoms with Crippen LogP contribution in [0.2, 0.25) is 0 Å². The zero-order chi connectivity index (χ0) is 15.9.